The summed E-state index contributed by atoms with van der Waals surface area (Å²) in [6.07, 6.45) is 38.0. The Morgan fingerprint density at radius 1 is 0.303 bits per heavy atom. The van der Waals surface area contributed by atoms with Gasteiger partial charge in [-0.15, -0.1) is 90.7 Å². The Balaban J connectivity index is 1.31. The Morgan fingerprint density at radius 2 is 0.513 bits per heavy atom. The van der Waals surface area contributed by atoms with E-state index in [9.17, 15) is 0 Å². The summed E-state index contributed by atoms with van der Waals surface area (Å²) in [6, 6.07) is 0. The number of hydrogen-bond donors (Lipinski definition) is 0. The van der Waals surface area contributed by atoms with Gasteiger partial charge in [-0.1, -0.05) is 232 Å². The lowest BCUT2D eigenvalue weighted by Gasteiger charge is -2.22. The fraction of sp³-hybridized carbons (Fsp3) is 0.667. The fourth-order valence-corrected chi connectivity index (χ4v) is 24.5. The molecule has 8 aromatic rings. The van der Waals surface area contributed by atoms with Gasteiger partial charge in [0.2, 0.25) is 0 Å². The average Bonchev–Trinajstić information content (AvgIpc) is 4.09. The Morgan fingerprint density at radius 3 is 0.737 bits per heavy atom. The second-order valence-corrected chi connectivity index (χ2v) is 33.4. The Kier molecular flexibility index (Phi) is 24.2. The van der Waals surface area contributed by atoms with Gasteiger partial charge < -0.3 is 0 Å². The quantitative estimate of drug-likeness (QED) is 0.0169. The van der Waals surface area contributed by atoms with E-state index in [-0.39, 0.29) is 34.1 Å². The van der Waals surface area contributed by atoms with Gasteiger partial charge in [-0.3, -0.25) is 28.3 Å². The standard InChI is InChI=1S/C60H82N2O4S10/c1-5-9-13-17-21-23-27-31-35-39(33-29-25-19-15-11-7-3)37-61-51(63)43-41-42-45(49-47(43)69-55-57(71-49)75-59(67)73-55)53(65)62(38-40(34-30-26-20-16-12-8-4)36-32-28-24-22-18-14-10-6-2)54(66)46(42)50-48(44(41)52(61)64)70-56-58(72-50)76-60(68)74-56/h39-40H,5-38H2,1-4H3. The van der Waals surface area contributed by atoms with Gasteiger partial charge in [0.15, 0.2) is 0 Å². The molecule has 0 saturated carbocycles. The second kappa shape index (κ2) is 30.5. The molecule has 6 nitrogen and oxygen atoms in total. The molecule has 2 unspecified atom stereocenters. The Bertz CT molecular complexity index is 3130. The summed E-state index contributed by atoms with van der Waals surface area (Å²) in [5.74, 6) is 0.358. The van der Waals surface area contributed by atoms with E-state index in [1.165, 1.54) is 187 Å². The summed E-state index contributed by atoms with van der Waals surface area (Å²) in [5, 5.41) is 2.90. The minimum atomic E-state index is -0.294. The van der Waals surface area contributed by atoms with Crippen LogP contribution in [0.3, 0.4) is 0 Å². The number of unbranched alkanes of at least 4 members (excludes halogenated alkanes) is 24. The van der Waals surface area contributed by atoms with E-state index >= 15 is 19.2 Å². The molecule has 6 aromatic heterocycles. The van der Waals surface area contributed by atoms with Crippen molar-refractivity contribution in [3.63, 3.8) is 0 Å². The average molecular weight is 1220 g/mol. The topological polar surface area (TPSA) is 78.1 Å². The highest BCUT2D eigenvalue weighted by molar-refractivity contribution is 7.79. The zero-order chi connectivity index (χ0) is 53.6. The summed E-state index contributed by atoms with van der Waals surface area (Å²) >= 11 is 24.0. The van der Waals surface area contributed by atoms with Crippen molar-refractivity contribution < 1.29 is 0 Å². The van der Waals surface area contributed by atoms with Crippen LogP contribution in [0.1, 0.15) is 233 Å². The molecule has 8 rings (SSSR count). The van der Waals surface area contributed by atoms with E-state index in [4.69, 9.17) is 24.4 Å². The van der Waals surface area contributed by atoms with Crippen LogP contribution in [0.2, 0.25) is 0 Å². The predicted molar refractivity (Wildman–Crippen MR) is 352 cm³/mol. The number of nitrogens with zero attached hydrogens (tertiary/aromatic N) is 2. The van der Waals surface area contributed by atoms with Crippen molar-refractivity contribution in [1.82, 2.24) is 9.13 Å². The molecule has 0 bridgehead atoms. The molecule has 6 heterocycles. The SMILES string of the molecule is CCCCCCCCCCC(CCCCCCCC)Cn1c(=O)c2c3sc4sc(=S)sc4sc3c3c(=O)n(CC(CCCCCCCC)CCCCCCCCCC)c(=O)c4c5sc6sc(=S)sc6sc5c(c1=O)c2c34. The van der Waals surface area contributed by atoms with Gasteiger partial charge in [-0.2, -0.15) is 0 Å². The van der Waals surface area contributed by atoms with E-state index in [1.54, 1.807) is 54.5 Å². The zero-order valence-corrected chi connectivity index (χ0v) is 54.0. The maximum atomic E-state index is 15.8. The fourth-order valence-electron chi connectivity index (χ4n) is 11.8. The van der Waals surface area contributed by atoms with Crippen molar-refractivity contribution >= 4 is 182 Å². The van der Waals surface area contributed by atoms with Gasteiger partial charge in [0, 0.05) is 23.9 Å². The lowest BCUT2D eigenvalue weighted by Crippen LogP contribution is -2.38. The number of fused-ring (bicyclic) bond motifs is 8. The summed E-state index contributed by atoms with van der Waals surface area (Å²) in [5.41, 5.74) is -1.18. The molecule has 16 heteroatoms. The van der Waals surface area contributed by atoms with Crippen molar-refractivity contribution in [1.29, 1.82) is 0 Å². The number of rotatable bonds is 36. The number of pyridine rings is 2. The van der Waals surface area contributed by atoms with Gasteiger partial charge in [-0.05, 0) is 37.5 Å². The maximum Gasteiger partial charge on any atom is 0.262 e. The largest absolute Gasteiger partial charge is 0.274 e. The lowest BCUT2D eigenvalue weighted by molar-refractivity contribution is 0.350. The molecule has 0 radical (unpaired) electrons. The van der Waals surface area contributed by atoms with Crippen LogP contribution < -0.4 is 22.2 Å². The van der Waals surface area contributed by atoms with Crippen molar-refractivity contribution in [3.05, 3.63) is 47.7 Å². The van der Waals surface area contributed by atoms with Gasteiger partial charge >= 0.3 is 0 Å². The highest BCUT2D eigenvalue weighted by Crippen LogP contribution is 2.50. The third kappa shape index (κ3) is 14.7. The van der Waals surface area contributed by atoms with Gasteiger partial charge in [0.05, 0.1) is 40.3 Å². The van der Waals surface area contributed by atoms with Crippen LogP contribution in [-0.2, 0) is 13.1 Å². The molecule has 0 aliphatic carbocycles. The zero-order valence-electron chi connectivity index (χ0n) is 45.8. The Labute approximate surface area is 492 Å². The molecule has 0 amide bonds. The smallest absolute Gasteiger partial charge is 0.262 e. The first-order chi connectivity index (χ1) is 37.1. The predicted octanol–water partition coefficient (Wildman–Crippen LogP) is 22.5. The van der Waals surface area contributed by atoms with Gasteiger partial charge in [0.25, 0.3) is 22.2 Å². The van der Waals surface area contributed by atoms with Crippen molar-refractivity contribution in [2.45, 2.75) is 246 Å². The molecule has 0 aliphatic heterocycles. The third-order valence-corrected chi connectivity index (χ3v) is 27.5. The first-order valence-corrected chi connectivity index (χ1v) is 36.9. The van der Waals surface area contributed by atoms with E-state index in [0.29, 0.717) is 45.4 Å². The van der Waals surface area contributed by atoms with Gasteiger partial charge in [0.1, 0.15) is 22.3 Å². The van der Waals surface area contributed by atoms with Crippen molar-refractivity contribution in [2.75, 3.05) is 0 Å². The maximum absolute atomic E-state index is 15.8. The molecule has 416 valence electrons. The second-order valence-electron chi connectivity index (χ2n) is 21.8. The lowest BCUT2D eigenvalue weighted by atomic mass is 9.92. The minimum absolute atomic E-state index is 0.179. The van der Waals surface area contributed by atoms with E-state index < -0.39 is 0 Å². The molecular weight excluding hydrogens is 1130 g/mol. The van der Waals surface area contributed by atoms with Crippen molar-refractivity contribution in [3.8, 4) is 0 Å². The molecule has 0 spiro atoms. The number of hydrogen-bond acceptors (Lipinski definition) is 14. The highest BCUT2D eigenvalue weighted by atomic mass is 32.2. The molecule has 76 heavy (non-hydrogen) atoms. The molecule has 2 atom stereocenters. The molecule has 0 saturated heterocycles. The first-order valence-electron chi connectivity index (χ1n) is 29.5. The number of aromatic nitrogens is 2. The summed E-state index contributed by atoms with van der Waals surface area (Å²) in [6.45, 7) is 9.77. The summed E-state index contributed by atoms with van der Waals surface area (Å²) in [4.78, 5) is 63.3. The van der Waals surface area contributed by atoms with E-state index in [2.05, 4.69) is 27.7 Å². The molecular formula is C60H82N2O4S10. The summed E-state index contributed by atoms with van der Waals surface area (Å²) in [7, 11) is 0. The monoisotopic (exact) mass is 1210 g/mol. The van der Waals surface area contributed by atoms with Crippen molar-refractivity contribution in [2.24, 2.45) is 11.8 Å². The van der Waals surface area contributed by atoms with Crippen LogP contribution in [0.5, 0.6) is 0 Å². The Hall–Kier alpha value is -1.60. The van der Waals surface area contributed by atoms with Crippen LogP contribution in [0.15, 0.2) is 19.2 Å². The van der Waals surface area contributed by atoms with Gasteiger partial charge in [-0.25, -0.2) is 0 Å². The van der Waals surface area contributed by atoms with Crippen LogP contribution >= 0.6 is 115 Å². The first kappa shape index (κ1) is 60.5. The van der Waals surface area contributed by atoms with Crippen LogP contribution in [0.25, 0.3) is 67.2 Å². The van der Waals surface area contributed by atoms with Crippen LogP contribution in [0, 0.1) is 18.1 Å². The molecule has 0 N–H and O–H groups in total. The van der Waals surface area contributed by atoms with Crippen LogP contribution in [0.4, 0.5) is 0 Å². The third-order valence-electron chi connectivity index (χ3n) is 16.0. The number of benzene rings is 2. The van der Waals surface area contributed by atoms with E-state index in [1.807, 2.05) is 0 Å². The highest BCUT2D eigenvalue weighted by Gasteiger charge is 2.31. The normalized spacial score (nSPS) is 13.2. The molecule has 0 fully saturated rings. The molecule has 2 aromatic carbocycles. The minimum Gasteiger partial charge on any atom is -0.274 e. The van der Waals surface area contributed by atoms with E-state index in [0.717, 1.165) is 105 Å². The van der Waals surface area contributed by atoms with Crippen LogP contribution in [-0.4, -0.2) is 9.13 Å². The summed E-state index contributed by atoms with van der Waals surface area (Å²) < 4.78 is 11.8. The molecule has 0 aliphatic rings.